The van der Waals surface area contributed by atoms with Crippen LogP contribution in [-0.2, 0) is 0 Å². The summed E-state index contributed by atoms with van der Waals surface area (Å²) >= 11 is 1.44. The second-order valence-electron chi connectivity index (χ2n) is 5.43. The average Bonchev–Trinajstić information content (AvgIpc) is 3.18. The number of aliphatic hydroxyl groups excluding tert-OH is 1. The largest absolute Gasteiger partial charge is 0.472 e. The Morgan fingerprint density at radius 2 is 2.52 bits per heavy atom. The number of carbonyl (C=O) groups is 1. The first-order valence-corrected chi connectivity index (χ1v) is 8.00. The van der Waals surface area contributed by atoms with Crippen molar-refractivity contribution < 1.29 is 14.3 Å². The predicted octanol–water partition coefficient (Wildman–Crippen LogP) is 2.78. The van der Waals surface area contributed by atoms with Crippen LogP contribution in [0.25, 0.3) is 10.6 Å². The van der Waals surface area contributed by atoms with Crippen molar-refractivity contribution in [2.75, 3.05) is 6.54 Å². The molecule has 0 spiro atoms. The molecular formula is C15H18N2O3S. The Bertz CT molecular complexity index is 606. The number of hydrogen-bond donors (Lipinski definition) is 1. The molecule has 1 aliphatic rings. The standard InChI is InChI=1S/C15H18N2O3S/c1-10(18)7-12-3-2-5-17(12)15(19)13-9-21-14(16-13)11-4-6-20-8-11/h4,6,8-10,12,18H,2-3,5,7H2,1H3. The van der Waals surface area contributed by atoms with Gasteiger partial charge >= 0.3 is 0 Å². The molecule has 0 bridgehead atoms. The fraction of sp³-hybridized carbons (Fsp3) is 0.467. The highest BCUT2D eigenvalue weighted by Gasteiger charge is 2.31. The van der Waals surface area contributed by atoms with Gasteiger partial charge in [-0.15, -0.1) is 11.3 Å². The number of carbonyl (C=O) groups excluding carboxylic acids is 1. The Morgan fingerprint density at radius 1 is 1.67 bits per heavy atom. The van der Waals surface area contributed by atoms with Crippen molar-refractivity contribution in [2.24, 2.45) is 0 Å². The second kappa shape index (κ2) is 5.99. The monoisotopic (exact) mass is 306 g/mol. The number of aliphatic hydroxyl groups is 1. The van der Waals surface area contributed by atoms with Crippen LogP contribution in [0.5, 0.6) is 0 Å². The third-order valence-electron chi connectivity index (χ3n) is 3.74. The molecule has 2 aromatic rings. The van der Waals surface area contributed by atoms with Gasteiger partial charge in [0.2, 0.25) is 0 Å². The van der Waals surface area contributed by atoms with Crippen molar-refractivity contribution in [1.82, 2.24) is 9.88 Å². The summed E-state index contributed by atoms with van der Waals surface area (Å²) in [6.45, 7) is 2.51. The molecule has 0 aromatic carbocycles. The summed E-state index contributed by atoms with van der Waals surface area (Å²) in [5.74, 6) is -0.0378. The molecule has 112 valence electrons. The zero-order chi connectivity index (χ0) is 14.8. The molecule has 0 aliphatic carbocycles. The molecule has 3 heterocycles. The maximum Gasteiger partial charge on any atom is 0.273 e. The molecule has 2 atom stereocenters. The van der Waals surface area contributed by atoms with Crippen LogP contribution in [-0.4, -0.2) is 39.6 Å². The van der Waals surface area contributed by atoms with E-state index < -0.39 is 0 Å². The summed E-state index contributed by atoms with van der Waals surface area (Å²) in [4.78, 5) is 18.9. The van der Waals surface area contributed by atoms with Crippen molar-refractivity contribution in [3.8, 4) is 10.6 Å². The highest BCUT2D eigenvalue weighted by Crippen LogP contribution is 2.27. The summed E-state index contributed by atoms with van der Waals surface area (Å²) in [6.07, 6.45) is 5.40. The zero-order valence-corrected chi connectivity index (χ0v) is 12.7. The van der Waals surface area contributed by atoms with Crippen LogP contribution in [0.1, 0.15) is 36.7 Å². The molecule has 1 N–H and O–H groups in total. The van der Waals surface area contributed by atoms with E-state index in [-0.39, 0.29) is 18.1 Å². The van der Waals surface area contributed by atoms with Crippen LogP contribution in [0.3, 0.4) is 0 Å². The van der Waals surface area contributed by atoms with Gasteiger partial charge in [0.1, 0.15) is 17.0 Å². The van der Waals surface area contributed by atoms with Crippen LogP contribution < -0.4 is 0 Å². The minimum Gasteiger partial charge on any atom is -0.472 e. The molecule has 0 saturated carbocycles. The summed E-state index contributed by atoms with van der Waals surface area (Å²) in [6, 6.07) is 1.95. The maximum atomic E-state index is 12.6. The van der Waals surface area contributed by atoms with E-state index in [9.17, 15) is 9.90 Å². The fourth-order valence-corrected chi connectivity index (χ4v) is 3.56. The number of furan rings is 1. The van der Waals surface area contributed by atoms with Crippen molar-refractivity contribution in [1.29, 1.82) is 0 Å². The highest BCUT2D eigenvalue weighted by atomic mass is 32.1. The van der Waals surface area contributed by atoms with Crippen LogP contribution in [0.2, 0.25) is 0 Å². The van der Waals surface area contributed by atoms with Crippen molar-refractivity contribution in [2.45, 2.75) is 38.3 Å². The molecule has 0 radical (unpaired) electrons. The lowest BCUT2D eigenvalue weighted by molar-refractivity contribution is 0.0677. The summed E-state index contributed by atoms with van der Waals surface area (Å²) in [5.41, 5.74) is 1.37. The fourth-order valence-electron chi connectivity index (χ4n) is 2.78. The molecule has 1 aliphatic heterocycles. The van der Waals surface area contributed by atoms with E-state index in [2.05, 4.69) is 4.98 Å². The topological polar surface area (TPSA) is 66.6 Å². The van der Waals surface area contributed by atoms with Crippen molar-refractivity contribution in [3.63, 3.8) is 0 Å². The van der Waals surface area contributed by atoms with E-state index in [0.29, 0.717) is 12.1 Å². The van der Waals surface area contributed by atoms with Gasteiger partial charge in [-0.1, -0.05) is 0 Å². The Balaban J connectivity index is 1.76. The molecule has 1 fully saturated rings. The third-order valence-corrected chi connectivity index (χ3v) is 4.63. The molecule has 1 amide bonds. The van der Waals surface area contributed by atoms with Crippen molar-refractivity contribution >= 4 is 17.2 Å². The summed E-state index contributed by atoms with van der Waals surface area (Å²) in [5, 5.41) is 12.1. The molecule has 2 aromatic heterocycles. The Hall–Kier alpha value is -1.66. The second-order valence-corrected chi connectivity index (χ2v) is 6.29. The third kappa shape index (κ3) is 3.01. The van der Waals surface area contributed by atoms with Gasteiger partial charge in [0, 0.05) is 23.5 Å². The van der Waals surface area contributed by atoms with E-state index in [0.717, 1.165) is 30.0 Å². The van der Waals surface area contributed by atoms with Crippen LogP contribution in [0.15, 0.2) is 28.4 Å². The lowest BCUT2D eigenvalue weighted by Crippen LogP contribution is -2.37. The van der Waals surface area contributed by atoms with E-state index in [1.165, 1.54) is 11.3 Å². The number of thiazole rings is 1. The van der Waals surface area contributed by atoms with Gasteiger partial charge in [-0.05, 0) is 32.3 Å². The maximum absolute atomic E-state index is 12.6. The number of nitrogens with zero attached hydrogens (tertiary/aromatic N) is 2. The quantitative estimate of drug-likeness (QED) is 0.943. The van der Waals surface area contributed by atoms with Gasteiger partial charge in [-0.3, -0.25) is 4.79 Å². The predicted molar refractivity (Wildman–Crippen MR) is 80.2 cm³/mol. The number of hydrogen-bond acceptors (Lipinski definition) is 5. The van der Waals surface area contributed by atoms with E-state index in [1.807, 2.05) is 11.0 Å². The molecule has 1 saturated heterocycles. The molecular weight excluding hydrogens is 288 g/mol. The van der Waals surface area contributed by atoms with E-state index in [4.69, 9.17) is 4.42 Å². The Kier molecular flexibility index (Phi) is 4.07. The van der Waals surface area contributed by atoms with Gasteiger partial charge in [-0.25, -0.2) is 4.98 Å². The Labute approximate surface area is 127 Å². The number of likely N-dealkylation sites (tertiary alicyclic amines) is 1. The van der Waals surface area contributed by atoms with Crippen LogP contribution in [0.4, 0.5) is 0 Å². The first-order valence-electron chi connectivity index (χ1n) is 7.12. The van der Waals surface area contributed by atoms with Crippen LogP contribution in [0, 0.1) is 0 Å². The number of aromatic nitrogens is 1. The molecule has 21 heavy (non-hydrogen) atoms. The zero-order valence-electron chi connectivity index (χ0n) is 11.9. The lowest BCUT2D eigenvalue weighted by atomic mass is 10.1. The smallest absolute Gasteiger partial charge is 0.273 e. The van der Waals surface area contributed by atoms with Gasteiger partial charge in [0.05, 0.1) is 12.4 Å². The highest BCUT2D eigenvalue weighted by molar-refractivity contribution is 7.13. The summed E-state index contributed by atoms with van der Waals surface area (Å²) < 4.78 is 5.04. The first-order chi connectivity index (χ1) is 10.1. The van der Waals surface area contributed by atoms with Gasteiger partial charge in [-0.2, -0.15) is 0 Å². The first kappa shape index (κ1) is 14.3. The minimum atomic E-state index is -0.389. The molecule has 6 heteroatoms. The molecule has 5 nitrogen and oxygen atoms in total. The van der Waals surface area contributed by atoms with Crippen LogP contribution >= 0.6 is 11.3 Å². The van der Waals surface area contributed by atoms with E-state index >= 15 is 0 Å². The number of rotatable bonds is 4. The summed E-state index contributed by atoms with van der Waals surface area (Å²) in [7, 11) is 0. The van der Waals surface area contributed by atoms with Gasteiger partial charge in [0.25, 0.3) is 5.91 Å². The molecule has 2 unspecified atom stereocenters. The van der Waals surface area contributed by atoms with Gasteiger partial charge < -0.3 is 14.4 Å². The van der Waals surface area contributed by atoms with E-state index in [1.54, 1.807) is 24.8 Å². The Morgan fingerprint density at radius 3 is 3.24 bits per heavy atom. The van der Waals surface area contributed by atoms with Gasteiger partial charge in [0.15, 0.2) is 0 Å². The minimum absolute atomic E-state index is 0.0378. The normalized spacial score (nSPS) is 19.9. The number of amides is 1. The van der Waals surface area contributed by atoms with Crippen molar-refractivity contribution in [3.05, 3.63) is 29.7 Å². The average molecular weight is 306 g/mol. The molecule has 3 rings (SSSR count). The lowest BCUT2D eigenvalue weighted by Gasteiger charge is -2.24. The SMILES string of the molecule is CC(O)CC1CCCN1C(=O)c1csc(-c2ccoc2)n1.